The molecule has 1 saturated carbocycles. The van der Waals surface area contributed by atoms with Gasteiger partial charge in [0.15, 0.2) is 0 Å². The fraction of sp³-hybridized carbons (Fsp3) is 0.786. The summed E-state index contributed by atoms with van der Waals surface area (Å²) in [6.07, 6.45) is 4.94. The molecule has 1 heterocycles. The molecule has 0 aromatic carbocycles. The van der Waals surface area contributed by atoms with Crippen molar-refractivity contribution in [2.24, 2.45) is 5.41 Å². The summed E-state index contributed by atoms with van der Waals surface area (Å²) in [6, 6.07) is -0.437. The quantitative estimate of drug-likeness (QED) is 0.553. The maximum Gasteiger partial charge on any atom is 0.303 e. The number of nitrogens with one attached hydrogen (secondary N) is 3. The molecule has 0 spiro atoms. The van der Waals surface area contributed by atoms with Gasteiger partial charge in [0.2, 0.25) is 11.8 Å². The first-order valence-corrected chi connectivity index (χ1v) is 7.50. The first kappa shape index (κ1) is 15.8. The minimum absolute atomic E-state index is 0.0993. The third-order valence-electron chi connectivity index (χ3n) is 4.41. The SMILES string of the molecule is O=C(O)CC1(CNC(=O)C2CNC(=O)CN2)CCCCC1. The molecule has 7 heteroatoms. The summed E-state index contributed by atoms with van der Waals surface area (Å²) in [6.45, 7) is 0.805. The number of amides is 2. The van der Waals surface area contributed by atoms with Gasteiger partial charge in [0.25, 0.3) is 0 Å². The van der Waals surface area contributed by atoms with E-state index in [0.717, 1.165) is 32.1 Å². The van der Waals surface area contributed by atoms with Crippen molar-refractivity contribution in [2.75, 3.05) is 19.6 Å². The van der Waals surface area contributed by atoms with E-state index >= 15 is 0 Å². The van der Waals surface area contributed by atoms with E-state index in [1.807, 2.05) is 0 Å². The first-order valence-electron chi connectivity index (χ1n) is 7.50. The standard InChI is InChI=1S/C14H23N3O4/c18-11-8-15-10(7-16-11)13(21)17-9-14(6-12(19)20)4-2-1-3-5-14/h10,15H,1-9H2,(H,16,18)(H,17,21)(H,19,20). The Morgan fingerprint density at radius 3 is 2.57 bits per heavy atom. The number of aliphatic carboxylic acids is 1. The number of hydrogen-bond acceptors (Lipinski definition) is 4. The zero-order chi connectivity index (χ0) is 15.3. The van der Waals surface area contributed by atoms with Crippen molar-refractivity contribution in [3.05, 3.63) is 0 Å². The molecule has 1 aliphatic carbocycles. The van der Waals surface area contributed by atoms with Crippen molar-refractivity contribution in [3.8, 4) is 0 Å². The summed E-state index contributed by atoms with van der Waals surface area (Å²) in [5.74, 6) is -1.10. The van der Waals surface area contributed by atoms with E-state index in [-0.39, 0.29) is 36.7 Å². The second kappa shape index (κ2) is 6.89. The molecule has 1 aliphatic heterocycles. The lowest BCUT2D eigenvalue weighted by molar-refractivity contribution is -0.141. The van der Waals surface area contributed by atoms with Crippen molar-refractivity contribution in [1.82, 2.24) is 16.0 Å². The van der Waals surface area contributed by atoms with Gasteiger partial charge in [-0.3, -0.25) is 19.7 Å². The van der Waals surface area contributed by atoms with Gasteiger partial charge in [-0.15, -0.1) is 0 Å². The Morgan fingerprint density at radius 2 is 2.00 bits per heavy atom. The van der Waals surface area contributed by atoms with Crippen LogP contribution in [0.1, 0.15) is 38.5 Å². The smallest absolute Gasteiger partial charge is 0.303 e. The molecule has 0 bridgehead atoms. The highest BCUT2D eigenvalue weighted by Crippen LogP contribution is 2.38. The zero-order valence-electron chi connectivity index (χ0n) is 12.1. The van der Waals surface area contributed by atoms with E-state index in [1.54, 1.807) is 0 Å². The van der Waals surface area contributed by atoms with Crippen molar-refractivity contribution in [3.63, 3.8) is 0 Å². The molecule has 1 unspecified atom stereocenters. The Hall–Kier alpha value is -1.63. The van der Waals surface area contributed by atoms with E-state index in [1.165, 1.54) is 0 Å². The molecule has 4 N–H and O–H groups in total. The zero-order valence-corrected chi connectivity index (χ0v) is 12.1. The van der Waals surface area contributed by atoms with Crippen LogP contribution in [0.2, 0.25) is 0 Å². The van der Waals surface area contributed by atoms with Crippen LogP contribution in [-0.4, -0.2) is 48.6 Å². The minimum atomic E-state index is -0.811. The van der Waals surface area contributed by atoms with Crippen LogP contribution < -0.4 is 16.0 Å². The van der Waals surface area contributed by atoms with Crippen molar-refractivity contribution in [2.45, 2.75) is 44.6 Å². The largest absolute Gasteiger partial charge is 0.481 e. The average Bonchev–Trinajstić information content (AvgIpc) is 2.46. The van der Waals surface area contributed by atoms with Crippen LogP contribution in [0.25, 0.3) is 0 Å². The fourth-order valence-electron chi connectivity index (χ4n) is 3.19. The number of carboxylic acid groups (broad SMARTS) is 1. The van der Waals surface area contributed by atoms with Gasteiger partial charge in [0.1, 0.15) is 6.04 Å². The van der Waals surface area contributed by atoms with Gasteiger partial charge in [-0.2, -0.15) is 0 Å². The molecule has 0 radical (unpaired) electrons. The highest BCUT2D eigenvalue weighted by molar-refractivity contribution is 5.86. The molecule has 0 aromatic rings. The molecule has 21 heavy (non-hydrogen) atoms. The Labute approximate surface area is 123 Å². The van der Waals surface area contributed by atoms with Crippen LogP contribution in [0.4, 0.5) is 0 Å². The van der Waals surface area contributed by atoms with Gasteiger partial charge >= 0.3 is 5.97 Å². The highest BCUT2D eigenvalue weighted by atomic mass is 16.4. The number of hydrogen-bond donors (Lipinski definition) is 4. The molecule has 0 aromatic heterocycles. The summed E-state index contributed by atoms with van der Waals surface area (Å²) in [5.41, 5.74) is -0.322. The summed E-state index contributed by atoms with van der Waals surface area (Å²) in [7, 11) is 0. The van der Waals surface area contributed by atoms with Crippen LogP contribution >= 0.6 is 0 Å². The Bertz CT molecular complexity index is 408. The molecule has 2 amide bonds. The summed E-state index contributed by atoms with van der Waals surface area (Å²) in [4.78, 5) is 34.2. The van der Waals surface area contributed by atoms with Gasteiger partial charge in [0, 0.05) is 13.1 Å². The third kappa shape index (κ3) is 4.42. The predicted octanol–water partition coefficient (Wildman–Crippen LogP) is -0.384. The van der Waals surface area contributed by atoms with E-state index in [0.29, 0.717) is 6.54 Å². The molecule has 7 nitrogen and oxygen atoms in total. The lowest BCUT2D eigenvalue weighted by Gasteiger charge is -2.36. The van der Waals surface area contributed by atoms with Crippen molar-refractivity contribution >= 4 is 17.8 Å². The Balaban J connectivity index is 1.87. The van der Waals surface area contributed by atoms with Crippen molar-refractivity contribution < 1.29 is 19.5 Å². The molecule has 2 rings (SSSR count). The lowest BCUT2D eigenvalue weighted by Crippen LogP contribution is -2.58. The predicted molar refractivity (Wildman–Crippen MR) is 75.6 cm³/mol. The average molecular weight is 297 g/mol. The molecule has 2 aliphatic rings. The van der Waals surface area contributed by atoms with E-state index < -0.39 is 12.0 Å². The number of carbonyl (C=O) groups excluding carboxylic acids is 2. The van der Waals surface area contributed by atoms with Gasteiger partial charge < -0.3 is 15.7 Å². The lowest BCUT2D eigenvalue weighted by atomic mass is 9.71. The monoisotopic (exact) mass is 297 g/mol. The molecule has 1 atom stereocenters. The second-order valence-electron chi connectivity index (χ2n) is 6.09. The topological polar surface area (TPSA) is 108 Å². The third-order valence-corrected chi connectivity index (χ3v) is 4.41. The van der Waals surface area contributed by atoms with E-state index in [2.05, 4.69) is 16.0 Å². The highest BCUT2D eigenvalue weighted by Gasteiger charge is 2.35. The number of piperazine rings is 1. The Kier molecular flexibility index (Phi) is 5.17. The first-order chi connectivity index (χ1) is 10.0. The number of rotatable bonds is 5. The number of carbonyl (C=O) groups is 3. The molecule has 118 valence electrons. The van der Waals surface area contributed by atoms with Crippen LogP contribution in [-0.2, 0) is 14.4 Å². The van der Waals surface area contributed by atoms with E-state index in [4.69, 9.17) is 5.11 Å². The summed E-state index contributed by atoms with van der Waals surface area (Å²) in [5, 5.41) is 17.5. The maximum atomic E-state index is 12.1. The minimum Gasteiger partial charge on any atom is -0.481 e. The number of carboxylic acids is 1. The molecular weight excluding hydrogens is 274 g/mol. The van der Waals surface area contributed by atoms with E-state index in [9.17, 15) is 14.4 Å². The maximum absolute atomic E-state index is 12.1. The summed E-state index contributed by atoms with van der Waals surface area (Å²) < 4.78 is 0. The normalized spacial score (nSPS) is 25.0. The van der Waals surface area contributed by atoms with Gasteiger partial charge in [-0.1, -0.05) is 19.3 Å². The van der Waals surface area contributed by atoms with Gasteiger partial charge in [-0.05, 0) is 18.3 Å². The molecular formula is C14H23N3O4. The van der Waals surface area contributed by atoms with Crippen LogP contribution in [0, 0.1) is 5.41 Å². The fourth-order valence-corrected chi connectivity index (χ4v) is 3.19. The molecule has 2 fully saturated rings. The second-order valence-corrected chi connectivity index (χ2v) is 6.09. The summed E-state index contributed by atoms with van der Waals surface area (Å²) >= 11 is 0. The van der Waals surface area contributed by atoms with Crippen LogP contribution in [0.15, 0.2) is 0 Å². The van der Waals surface area contributed by atoms with Gasteiger partial charge in [-0.25, -0.2) is 0 Å². The van der Waals surface area contributed by atoms with Gasteiger partial charge in [0.05, 0.1) is 13.0 Å². The molecule has 1 saturated heterocycles. The Morgan fingerprint density at radius 1 is 1.29 bits per heavy atom. The van der Waals surface area contributed by atoms with Crippen LogP contribution in [0.5, 0.6) is 0 Å². The van der Waals surface area contributed by atoms with Crippen molar-refractivity contribution in [1.29, 1.82) is 0 Å². The van der Waals surface area contributed by atoms with Crippen LogP contribution in [0.3, 0.4) is 0 Å².